The van der Waals surface area contributed by atoms with E-state index in [1.807, 2.05) is 30.3 Å². The van der Waals surface area contributed by atoms with E-state index in [-0.39, 0.29) is 12.3 Å². The molecule has 24 heavy (non-hydrogen) atoms. The van der Waals surface area contributed by atoms with Crippen LogP contribution in [-0.4, -0.2) is 28.0 Å². The first-order valence-electron chi connectivity index (χ1n) is 8.07. The van der Waals surface area contributed by atoms with Crippen LogP contribution in [0.15, 0.2) is 34.7 Å². The largest absolute Gasteiger partial charge is 0.480 e. The summed E-state index contributed by atoms with van der Waals surface area (Å²) in [5.41, 5.74) is 1.37. The Morgan fingerprint density at radius 1 is 1.33 bits per heavy atom. The maximum absolute atomic E-state index is 12.2. The Labute approximate surface area is 139 Å². The Balaban J connectivity index is 1.65. The fourth-order valence-electron chi connectivity index (χ4n) is 2.60. The highest BCUT2D eigenvalue weighted by atomic mass is 16.4. The van der Waals surface area contributed by atoms with Gasteiger partial charge in [-0.25, -0.2) is 9.78 Å². The molecular formula is C18H20N2O4. The fraction of sp³-hybridized carbons (Fsp3) is 0.389. The molecule has 0 radical (unpaired) electrons. The van der Waals surface area contributed by atoms with Gasteiger partial charge in [-0.2, -0.15) is 0 Å². The molecule has 126 valence electrons. The van der Waals surface area contributed by atoms with Crippen molar-refractivity contribution in [3.05, 3.63) is 41.8 Å². The van der Waals surface area contributed by atoms with Gasteiger partial charge in [-0.1, -0.05) is 31.0 Å². The van der Waals surface area contributed by atoms with E-state index < -0.39 is 12.0 Å². The zero-order valence-electron chi connectivity index (χ0n) is 13.5. The molecule has 6 heteroatoms. The molecule has 1 saturated carbocycles. The minimum atomic E-state index is -0.989. The third-order valence-corrected chi connectivity index (χ3v) is 4.14. The van der Waals surface area contributed by atoms with E-state index >= 15 is 0 Å². The minimum absolute atomic E-state index is 0.0105. The van der Waals surface area contributed by atoms with Crippen molar-refractivity contribution in [3.8, 4) is 11.5 Å². The first-order chi connectivity index (χ1) is 11.5. The van der Waals surface area contributed by atoms with Crippen LogP contribution in [0, 0.1) is 12.8 Å². The Kier molecular flexibility index (Phi) is 4.64. The van der Waals surface area contributed by atoms with E-state index in [0.29, 0.717) is 29.7 Å². The van der Waals surface area contributed by atoms with Gasteiger partial charge in [0.25, 0.3) is 0 Å². The highest BCUT2D eigenvalue weighted by Crippen LogP contribution is 2.33. The number of hydrogen-bond acceptors (Lipinski definition) is 4. The smallest absolute Gasteiger partial charge is 0.326 e. The third-order valence-electron chi connectivity index (χ3n) is 4.14. The number of carbonyl (C=O) groups excluding carboxylic acids is 1. The van der Waals surface area contributed by atoms with Gasteiger partial charge in [0.2, 0.25) is 11.8 Å². The molecule has 1 amide bonds. The van der Waals surface area contributed by atoms with E-state index in [2.05, 4.69) is 10.3 Å². The Hall–Kier alpha value is -2.63. The van der Waals surface area contributed by atoms with Gasteiger partial charge < -0.3 is 14.8 Å². The van der Waals surface area contributed by atoms with Gasteiger partial charge in [0.1, 0.15) is 11.8 Å². The standard InChI is InChI=1S/C18H20N2O4/c1-11-14(20-17(24-11)13-5-3-2-4-6-13)10-16(21)19-15(18(22)23)9-12-7-8-12/h2-6,12,15H,7-10H2,1H3,(H,19,21)(H,22,23). The Morgan fingerprint density at radius 2 is 2.04 bits per heavy atom. The molecule has 1 fully saturated rings. The molecule has 1 aromatic carbocycles. The second-order valence-corrected chi connectivity index (χ2v) is 6.20. The van der Waals surface area contributed by atoms with Gasteiger partial charge in [0.15, 0.2) is 0 Å². The topological polar surface area (TPSA) is 92.4 Å². The first-order valence-corrected chi connectivity index (χ1v) is 8.07. The lowest BCUT2D eigenvalue weighted by molar-refractivity contribution is -0.142. The van der Waals surface area contributed by atoms with Gasteiger partial charge in [-0.3, -0.25) is 4.79 Å². The monoisotopic (exact) mass is 328 g/mol. The number of rotatable bonds is 7. The van der Waals surface area contributed by atoms with E-state index in [1.165, 1.54) is 0 Å². The second kappa shape index (κ2) is 6.86. The average Bonchev–Trinajstić information content (AvgIpc) is 3.30. The highest BCUT2D eigenvalue weighted by molar-refractivity contribution is 5.84. The van der Waals surface area contributed by atoms with Crippen molar-refractivity contribution in [3.63, 3.8) is 0 Å². The molecule has 6 nitrogen and oxygen atoms in total. The SMILES string of the molecule is Cc1oc(-c2ccccc2)nc1CC(=O)NC(CC1CC1)C(=O)O. The molecule has 0 aliphatic heterocycles. The van der Waals surface area contributed by atoms with Crippen LogP contribution in [0.25, 0.3) is 11.5 Å². The van der Waals surface area contributed by atoms with Gasteiger partial charge >= 0.3 is 5.97 Å². The number of amides is 1. The molecule has 1 aliphatic carbocycles. The lowest BCUT2D eigenvalue weighted by atomic mass is 10.1. The molecule has 2 N–H and O–H groups in total. The number of carboxylic acids is 1. The van der Waals surface area contributed by atoms with Gasteiger partial charge in [-0.05, 0) is 31.4 Å². The zero-order chi connectivity index (χ0) is 17.1. The molecule has 1 heterocycles. The number of carbonyl (C=O) groups is 2. The first kappa shape index (κ1) is 16.2. The summed E-state index contributed by atoms with van der Waals surface area (Å²) in [4.78, 5) is 27.8. The van der Waals surface area contributed by atoms with Crippen molar-refractivity contribution in [2.75, 3.05) is 0 Å². The predicted octanol–water partition coefficient (Wildman–Crippen LogP) is 2.56. The summed E-state index contributed by atoms with van der Waals surface area (Å²) < 4.78 is 5.62. The number of aromatic nitrogens is 1. The predicted molar refractivity (Wildman–Crippen MR) is 87.3 cm³/mol. The number of hydrogen-bond donors (Lipinski definition) is 2. The van der Waals surface area contributed by atoms with Gasteiger partial charge in [-0.15, -0.1) is 0 Å². The molecule has 1 aliphatic rings. The van der Waals surface area contributed by atoms with Crippen molar-refractivity contribution in [2.24, 2.45) is 5.92 Å². The molecule has 0 saturated heterocycles. The maximum Gasteiger partial charge on any atom is 0.326 e. The summed E-state index contributed by atoms with van der Waals surface area (Å²) in [6.45, 7) is 1.75. The van der Waals surface area contributed by atoms with Crippen LogP contribution in [0.3, 0.4) is 0 Å². The van der Waals surface area contributed by atoms with Gasteiger partial charge in [0, 0.05) is 5.56 Å². The maximum atomic E-state index is 12.2. The van der Waals surface area contributed by atoms with Gasteiger partial charge in [0.05, 0.1) is 12.1 Å². The van der Waals surface area contributed by atoms with Crippen LogP contribution in [0.2, 0.25) is 0 Å². The van der Waals surface area contributed by atoms with Crippen molar-refractivity contribution in [1.29, 1.82) is 0 Å². The summed E-state index contributed by atoms with van der Waals surface area (Å²) in [6, 6.07) is 8.61. The molecule has 0 bridgehead atoms. The van der Waals surface area contributed by atoms with E-state index in [0.717, 1.165) is 18.4 Å². The Bertz CT molecular complexity index is 735. The molecule has 2 aromatic rings. The molecule has 0 spiro atoms. The lowest BCUT2D eigenvalue weighted by Crippen LogP contribution is -2.41. The summed E-state index contributed by atoms with van der Waals surface area (Å²) >= 11 is 0. The molecular weight excluding hydrogens is 308 g/mol. The van der Waals surface area contributed by atoms with Crippen molar-refractivity contribution >= 4 is 11.9 Å². The number of nitrogens with zero attached hydrogens (tertiary/aromatic N) is 1. The van der Waals surface area contributed by atoms with Crippen molar-refractivity contribution in [1.82, 2.24) is 10.3 Å². The number of aryl methyl sites for hydroxylation is 1. The summed E-state index contributed by atoms with van der Waals surface area (Å²) in [5.74, 6) is 0.114. The molecule has 3 rings (SSSR count). The molecule has 1 atom stereocenters. The fourth-order valence-corrected chi connectivity index (χ4v) is 2.60. The summed E-state index contributed by atoms with van der Waals surface area (Å²) in [6.07, 6.45) is 2.59. The zero-order valence-corrected chi connectivity index (χ0v) is 13.5. The van der Waals surface area contributed by atoms with Crippen LogP contribution >= 0.6 is 0 Å². The summed E-state index contributed by atoms with van der Waals surface area (Å²) in [7, 11) is 0. The lowest BCUT2D eigenvalue weighted by Gasteiger charge is -2.13. The van der Waals surface area contributed by atoms with E-state index in [4.69, 9.17) is 4.42 Å². The number of oxazole rings is 1. The number of carboxylic acid groups (broad SMARTS) is 1. The molecule has 1 unspecified atom stereocenters. The normalized spacial score (nSPS) is 15.0. The van der Waals surface area contributed by atoms with E-state index in [9.17, 15) is 14.7 Å². The highest BCUT2D eigenvalue weighted by Gasteiger charge is 2.30. The molecule has 1 aromatic heterocycles. The summed E-state index contributed by atoms with van der Waals surface area (Å²) in [5, 5.41) is 11.8. The minimum Gasteiger partial charge on any atom is -0.480 e. The van der Waals surface area contributed by atoms with Crippen LogP contribution in [-0.2, 0) is 16.0 Å². The van der Waals surface area contributed by atoms with E-state index in [1.54, 1.807) is 6.92 Å². The number of nitrogens with one attached hydrogen (secondary N) is 1. The number of benzene rings is 1. The van der Waals surface area contributed by atoms with Crippen LogP contribution in [0.4, 0.5) is 0 Å². The van der Waals surface area contributed by atoms with Crippen LogP contribution in [0.5, 0.6) is 0 Å². The Morgan fingerprint density at radius 3 is 2.67 bits per heavy atom. The number of aliphatic carboxylic acids is 1. The van der Waals surface area contributed by atoms with Crippen molar-refractivity contribution < 1.29 is 19.1 Å². The van der Waals surface area contributed by atoms with Crippen LogP contribution < -0.4 is 5.32 Å². The quantitative estimate of drug-likeness (QED) is 0.815. The van der Waals surface area contributed by atoms with Crippen molar-refractivity contribution in [2.45, 2.75) is 38.6 Å². The van der Waals surface area contributed by atoms with Crippen LogP contribution in [0.1, 0.15) is 30.7 Å². The second-order valence-electron chi connectivity index (χ2n) is 6.20. The average molecular weight is 328 g/mol. The third kappa shape index (κ3) is 4.01.